The minimum atomic E-state index is -0.352. The van der Waals surface area contributed by atoms with Gasteiger partial charge in [-0.15, -0.1) is 0 Å². The maximum atomic E-state index is 12.5. The standard InChI is InChI=1S/C25H26N2O4/c1-27(17-18-9-11-20(12-10-18)19-7-5-4-6-8-19)24(28)16-26-25(29)21-13-14-22(30-2)23(15-21)31-3/h4-15H,16-17H2,1-3H3,(H,26,29). The van der Waals surface area contributed by atoms with Crippen LogP contribution in [0.4, 0.5) is 0 Å². The highest BCUT2D eigenvalue weighted by atomic mass is 16.5. The van der Waals surface area contributed by atoms with Gasteiger partial charge in [0.05, 0.1) is 20.8 Å². The Labute approximate surface area is 182 Å². The largest absolute Gasteiger partial charge is 0.493 e. The van der Waals surface area contributed by atoms with Crippen LogP contribution < -0.4 is 14.8 Å². The number of ether oxygens (including phenoxy) is 2. The van der Waals surface area contributed by atoms with Gasteiger partial charge in [-0.1, -0.05) is 54.6 Å². The van der Waals surface area contributed by atoms with E-state index in [0.717, 1.165) is 16.7 Å². The van der Waals surface area contributed by atoms with Crippen LogP contribution in [0.3, 0.4) is 0 Å². The number of hydrogen-bond donors (Lipinski definition) is 1. The van der Waals surface area contributed by atoms with Crippen LogP contribution in [0.5, 0.6) is 11.5 Å². The van der Waals surface area contributed by atoms with E-state index in [4.69, 9.17) is 9.47 Å². The number of hydrogen-bond acceptors (Lipinski definition) is 4. The molecule has 31 heavy (non-hydrogen) atoms. The lowest BCUT2D eigenvalue weighted by Crippen LogP contribution is -2.37. The molecule has 0 radical (unpaired) electrons. The van der Waals surface area contributed by atoms with E-state index in [0.29, 0.717) is 23.6 Å². The van der Waals surface area contributed by atoms with Crippen molar-refractivity contribution >= 4 is 11.8 Å². The molecule has 0 spiro atoms. The molecule has 0 saturated carbocycles. The summed E-state index contributed by atoms with van der Waals surface area (Å²) in [5.41, 5.74) is 3.68. The van der Waals surface area contributed by atoms with Gasteiger partial charge in [0.2, 0.25) is 5.91 Å². The molecule has 160 valence electrons. The first-order chi connectivity index (χ1) is 15.0. The smallest absolute Gasteiger partial charge is 0.251 e. The number of methoxy groups -OCH3 is 2. The molecule has 0 bridgehead atoms. The average Bonchev–Trinajstić information content (AvgIpc) is 2.82. The second-order valence-corrected chi connectivity index (χ2v) is 7.07. The number of nitrogens with one attached hydrogen (secondary N) is 1. The third kappa shape index (κ3) is 5.63. The third-order valence-corrected chi connectivity index (χ3v) is 4.95. The molecular weight excluding hydrogens is 392 g/mol. The van der Waals surface area contributed by atoms with Crippen molar-refractivity contribution in [1.82, 2.24) is 10.2 Å². The van der Waals surface area contributed by atoms with Gasteiger partial charge in [-0.3, -0.25) is 9.59 Å². The van der Waals surface area contributed by atoms with Crippen LogP contribution in [0.1, 0.15) is 15.9 Å². The second-order valence-electron chi connectivity index (χ2n) is 7.07. The molecule has 0 aliphatic rings. The SMILES string of the molecule is COc1ccc(C(=O)NCC(=O)N(C)Cc2ccc(-c3ccccc3)cc2)cc1OC. The van der Waals surface area contributed by atoms with E-state index in [9.17, 15) is 9.59 Å². The highest BCUT2D eigenvalue weighted by molar-refractivity contribution is 5.97. The Hall–Kier alpha value is -3.80. The summed E-state index contributed by atoms with van der Waals surface area (Å²) in [7, 11) is 4.75. The molecule has 0 aromatic heterocycles. The van der Waals surface area contributed by atoms with Crippen molar-refractivity contribution < 1.29 is 19.1 Å². The van der Waals surface area contributed by atoms with Gasteiger partial charge in [-0.05, 0) is 34.9 Å². The number of likely N-dealkylation sites (N-methyl/N-ethyl adjacent to an activating group) is 1. The van der Waals surface area contributed by atoms with Crippen LogP contribution in [0.15, 0.2) is 72.8 Å². The molecule has 1 N–H and O–H groups in total. The molecular formula is C25H26N2O4. The summed E-state index contributed by atoms with van der Waals surface area (Å²) in [6, 6.07) is 23.1. The van der Waals surface area contributed by atoms with E-state index in [2.05, 4.69) is 17.4 Å². The topological polar surface area (TPSA) is 67.9 Å². The van der Waals surface area contributed by atoms with Crippen molar-refractivity contribution in [2.45, 2.75) is 6.54 Å². The Morgan fingerprint density at radius 1 is 0.839 bits per heavy atom. The minimum Gasteiger partial charge on any atom is -0.493 e. The number of benzene rings is 3. The van der Waals surface area contributed by atoms with Crippen molar-refractivity contribution in [2.75, 3.05) is 27.8 Å². The number of carbonyl (C=O) groups is 2. The van der Waals surface area contributed by atoms with Gasteiger partial charge in [-0.2, -0.15) is 0 Å². The molecule has 6 nitrogen and oxygen atoms in total. The van der Waals surface area contributed by atoms with Crippen molar-refractivity contribution in [3.63, 3.8) is 0 Å². The van der Waals surface area contributed by atoms with Gasteiger partial charge in [0.1, 0.15) is 0 Å². The molecule has 0 atom stereocenters. The monoisotopic (exact) mass is 418 g/mol. The lowest BCUT2D eigenvalue weighted by molar-refractivity contribution is -0.129. The van der Waals surface area contributed by atoms with Crippen molar-refractivity contribution in [2.24, 2.45) is 0 Å². The Morgan fingerprint density at radius 3 is 2.13 bits per heavy atom. The summed E-state index contributed by atoms with van der Waals surface area (Å²) >= 11 is 0. The van der Waals surface area contributed by atoms with E-state index in [1.165, 1.54) is 14.2 Å². The molecule has 0 saturated heterocycles. The highest BCUT2D eigenvalue weighted by Crippen LogP contribution is 2.27. The fourth-order valence-corrected chi connectivity index (χ4v) is 3.17. The molecule has 3 aromatic rings. The van der Waals surface area contributed by atoms with Gasteiger partial charge >= 0.3 is 0 Å². The molecule has 0 fully saturated rings. The zero-order valence-electron chi connectivity index (χ0n) is 17.9. The van der Waals surface area contributed by atoms with Crippen LogP contribution >= 0.6 is 0 Å². The number of amides is 2. The fraction of sp³-hybridized carbons (Fsp3) is 0.200. The predicted molar refractivity (Wildman–Crippen MR) is 120 cm³/mol. The van der Waals surface area contributed by atoms with Crippen LogP contribution in [0, 0.1) is 0 Å². The predicted octanol–water partition coefficient (Wildman–Crippen LogP) is 3.76. The summed E-state index contributed by atoms with van der Waals surface area (Å²) in [5.74, 6) is 0.460. The summed E-state index contributed by atoms with van der Waals surface area (Å²) in [4.78, 5) is 26.4. The van der Waals surface area contributed by atoms with E-state index in [1.807, 2.05) is 42.5 Å². The van der Waals surface area contributed by atoms with Crippen molar-refractivity contribution in [1.29, 1.82) is 0 Å². The molecule has 0 aliphatic heterocycles. The van der Waals surface area contributed by atoms with Crippen LogP contribution in [0.2, 0.25) is 0 Å². The zero-order chi connectivity index (χ0) is 22.2. The quantitative estimate of drug-likeness (QED) is 0.605. The maximum absolute atomic E-state index is 12.5. The highest BCUT2D eigenvalue weighted by Gasteiger charge is 2.14. The van der Waals surface area contributed by atoms with Gasteiger partial charge < -0.3 is 19.7 Å². The summed E-state index contributed by atoms with van der Waals surface area (Å²) in [6.45, 7) is 0.367. The van der Waals surface area contributed by atoms with E-state index in [1.54, 1.807) is 30.1 Å². The van der Waals surface area contributed by atoms with Gasteiger partial charge in [0.15, 0.2) is 11.5 Å². The Kier molecular flexibility index (Phi) is 7.27. The third-order valence-electron chi connectivity index (χ3n) is 4.95. The summed E-state index contributed by atoms with van der Waals surface area (Å²) in [5, 5.41) is 2.66. The molecule has 2 amide bonds. The minimum absolute atomic E-state index is 0.0915. The molecule has 0 aliphatic carbocycles. The van der Waals surface area contributed by atoms with Gasteiger partial charge in [-0.25, -0.2) is 0 Å². The number of carbonyl (C=O) groups excluding carboxylic acids is 2. The maximum Gasteiger partial charge on any atom is 0.251 e. The van der Waals surface area contributed by atoms with E-state index < -0.39 is 0 Å². The fourth-order valence-electron chi connectivity index (χ4n) is 3.17. The first-order valence-electron chi connectivity index (χ1n) is 9.90. The van der Waals surface area contributed by atoms with Crippen LogP contribution in [-0.2, 0) is 11.3 Å². The summed E-state index contributed by atoms with van der Waals surface area (Å²) in [6.07, 6.45) is 0. The van der Waals surface area contributed by atoms with Crippen molar-refractivity contribution in [3.05, 3.63) is 83.9 Å². The molecule has 6 heteroatoms. The first kappa shape index (κ1) is 21.9. The molecule has 3 aromatic carbocycles. The van der Waals surface area contributed by atoms with Gasteiger partial charge in [0.25, 0.3) is 5.91 Å². The van der Waals surface area contributed by atoms with Crippen molar-refractivity contribution in [3.8, 4) is 22.6 Å². The van der Waals surface area contributed by atoms with E-state index in [-0.39, 0.29) is 18.4 Å². The van der Waals surface area contributed by atoms with Gasteiger partial charge in [0, 0.05) is 19.2 Å². The molecule has 0 unspecified atom stereocenters. The normalized spacial score (nSPS) is 10.3. The van der Waals surface area contributed by atoms with E-state index >= 15 is 0 Å². The zero-order valence-corrected chi connectivity index (χ0v) is 17.9. The molecule has 0 heterocycles. The Morgan fingerprint density at radius 2 is 1.48 bits per heavy atom. The lowest BCUT2D eigenvalue weighted by Gasteiger charge is -2.18. The number of nitrogens with zero attached hydrogens (tertiary/aromatic N) is 1. The molecule has 3 rings (SSSR count). The second kappa shape index (κ2) is 10.3. The van der Waals surface area contributed by atoms with Crippen LogP contribution in [0.25, 0.3) is 11.1 Å². The Bertz CT molecular complexity index is 1030. The summed E-state index contributed by atoms with van der Waals surface area (Å²) < 4.78 is 10.4. The first-order valence-corrected chi connectivity index (χ1v) is 9.90. The lowest BCUT2D eigenvalue weighted by atomic mass is 10.0. The van der Waals surface area contributed by atoms with Crippen LogP contribution in [-0.4, -0.2) is 44.5 Å². The average molecular weight is 418 g/mol. The Balaban J connectivity index is 1.54. The number of rotatable bonds is 8.